The maximum absolute atomic E-state index is 12.0. The molecule has 10 heteroatoms. The Morgan fingerprint density at radius 2 is 1.73 bits per heavy atom. The monoisotopic (exact) mass is 505 g/mol. The zero-order valence-corrected chi connectivity index (χ0v) is 19.5. The second-order valence-electron chi connectivity index (χ2n) is 6.61. The van der Waals surface area contributed by atoms with Crippen LogP contribution in [-0.4, -0.2) is 25.1 Å². The van der Waals surface area contributed by atoms with E-state index in [1.807, 2.05) is 12.1 Å². The van der Waals surface area contributed by atoms with Gasteiger partial charge < -0.3 is 14.8 Å². The molecular formula is C23H18Cl3N3O4. The van der Waals surface area contributed by atoms with Gasteiger partial charge in [-0.1, -0.05) is 53.0 Å². The highest BCUT2D eigenvalue weighted by Gasteiger charge is 2.14. The lowest BCUT2D eigenvalue weighted by atomic mass is 10.2. The van der Waals surface area contributed by atoms with Crippen LogP contribution in [-0.2, 0) is 16.2 Å². The zero-order valence-electron chi connectivity index (χ0n) is 17.3. The summed E-state index contributed by atoms with van der Waals surface area (Å²) in [6, 6.07) is 16.8. The normalized spacial score (nSPS) is 10.7. The van der Waals surface area contributed by atoms with Gasteiger partial charge in [-0.2, -0.15) is 5.10 Å². The molecule has 0 saturated heterocycles. The molecule has 3 aromatic carbocycles. The molecule has 33 heavy (non-hydrogen) atoms. The number of halogens is 3. The predicted molar refractivity (Wildman–Crippen MR) is 130 cm³/mol. The van der Waals surface area contributed by atoms with Gasteiger partial charge >= 0.3 is 11.8 Å². The van der Waals surface area contributed by atoms with Gasteiger partial charge in [-0.15, -0.1) is 0 Å². The molecule has 0 atom stereocenters. The topological polar surface area (TPSA) is 89.0 Å². The fourth-order valence-corrected chi connectivity index (χ4v) is 3.25. The van der Waals surface area contributed by atoms with Gasteiger partial charge in [0.15, 0.2) is 11.5 Å². The van der Waals surface area contributed by atoms with Crippen LogP contribution in [0.15, 0.2) is 65.8 Å². The third-order valence-electron chi connectivity index (χ3n) is 4.22. The van der Waals surface area contributed by atoms with Crippen LogP contribution in [0, 0.1) is 0 Å². The van der Waals surface area contributed by atoms with Gasteiger partial charge in [0, 0.05) is 15.7 Å². The van der Waals surface area contributed by atoms with E-state index in [0.717, 1.165) is 5.56 Å². The summed E-state index contributed by atoms with van der Waals surface area (Å²) in [5.41, 5.74) is 3.96. The standard InChI is InChI=1S/C23H18Cl3N3O4/c1-32-20-10-15(9-19(26)21(20)33-13-14-5-7-16(24)8-6-14)12-27-29-23(31)22(30)28-18-4-2-3-17(25)11-18/h2-12H,13H2,1H3,(H,28,30)(H,29,31)/b27-12-. The van der Waals surface area contributed by atoms with Crippen molar-refractivity contribution in [3.05, 3.63) is 86.9 Å². The minimum atomic E-state index is -0.952. The number of hydrazone groups is 1. The second kappa shape index (κ2) is 11.6. The summed E-state index contributed by atoms with van der Waals surface area (Å²) in [4.78, 5) is 23.9. The van der Waals surface area contributed by atoms with Gasteiger partial charge in [0.2, 0.25) is 0 Å². The quantitative estimate of drug-likeness (QED) is 0.258. The molecule has 0 saturated carbocycles. The first kappa shape index (κ1) is 24.4. The van der Waals surface area contributed by atoms with Crippen molar-refractivity contribution in [1.82, 2.24) is 5.43 Å². The SMILES string of the molecule is COc1cc(/C=N\NC(=O)C(=O)Nc2cccc(Cl)c2)cc(Cl)c1OCc1ccc(Cl)cc1. The Bertz CT molecular complexity index is 1180. The number of carbonyl (C=O) groups excluding carboxylic acids is 2. The third kappa shape index (κ3) is 7.12. The highest BCUT2D eigenvalue weighted by atomic mass is 35.5. The van der Waals surface area contributed by atoms with E-state index in [1.165, 1.54) is 19.4 Å². The molecule has 0 radical (unpaired) electrons. The molecule has 0 aliphatic heterocycles. The Hall–Kier alpha value is -3.26. The van der Waals surface area contributed by atoms with Gasteiger partial charge in [-0.3, -0.25) is 9.59 Å². The predicted octanol–water partition coefficient (Wildman–Crippen LogP) is 5.32. The number of nitrogens with zero attached hydrogens (tertiary/aromatic N) is 1. The van der Waals surface area contributed by atoms with E-state index < -0.39 is 11.8 Å². The van der Waals surface area contributed by atoms with Crippen molar-refractivity contribution in [1.29, 1.82) is 0 Å². The van der Waals surface area contributed by atoms with Gasteiger partial charge in [-0.05, 0) is 53.6 Å². The number of rotatable bonds is 7. The molecule has 0 aliphatic carbocycles. The number of carbonyl (C=O) groups is 2. The molecule has 2 amide bonds. The summed E-state index contributed by atoms with van der Waals surface area (Å²) in [7, 11) is 1.48. The van der Waals surface area contributed by atoms with Crippen molar-refractivity contribution in [3.63, 3.8) is 0 Å². The molecule has 0 bridgehead atoms. The number of amides is 2. The lowest BCUT2D eigenvalue weighted by Gasteiger charge is -2.13. The number of methoxy groups -OCH3 is 1. The van der Waals surface area contributed by atoms with Crippen molar-refractivity contribution in [3.8, 4) is 11.5 Å². The van der Waals surface area contributed by atoms with E-state index >= 15 is 0 Å². The minimum Gasteiger partial charge on any atom is -0.493 e. The molecule has 0 fully saturated rings. The van der Waals surface area contributed by atoms with Crippen LogP contribution >= 0.6 is 34.8 Å². The lowest BCUT2D eigenvalue weighted by Crippen LogP contribution is -2.32. The van der Waals surface area contributed by atoms with Crippen LogP contribution in [0.5, 0.6) is 11.5 Å². The van der Waals surface area contributed by atoms with Crippen molar-refractivity contribution in [2.75, 3.05) is 12.4 Å². The van der Waals surface area contributed by atoms with Gasteiger partial charge in [0.1, 0.15) is 6.61 Å². The fraction of sp³-hybridized carbons (Fsp3) is 0.0870. The van der Waals surface area contributed by atoms with Crippen molar-refractivity contribution >= 4 is 58.5 Å². The van der Waals surface area contributed by atoms with E-state index in [9.17, 15) is 9.59 Å². The summed E-state index contributed by atoms with van der Waals surface area (Å²) in [5, 5.41) is 7.56. The molecule has 2 N–H and O–H groups in total. The van der Waals surface area contributed by atoms with Crippen molar-refractivity contribution in [2.45, 2.75) is 6.61 Å². The van der Waals surface area contributed by atoms with Crippen LogP contribution in [0.25, 0.3) is 0 Å². The molecule has 7 nitrogen and oxygen atoms in total. The van der Waals surface area contributed by atoms with E-state index in [-0.39, 0.29) is 11.6 Å². The van der Waals surface area contributed by atoms with Gasteiger partial charge in [0.05, 0.1) is 18.3 Å². The number of benzene rings is 3. The first-order valence-electron chi connectivity index (χ1n) is 9.50. The number of hydrogen-bond acceptors (Lipinski definition) is 5. The average Bonchev–Trinajstić information content (AvgIpc) is 2.79. The molecule has 0 heterocycles. The van der Waals surface area contributed by atoms with Crippen molar-refractivity contribution < 1.29 is 19.1 Å². The number of hydrogen-bond donors (Lipinski definition) is 2. The Labute approximate surface area is 205 Å². The van der Waals surface area contributed by atoms with Crippen molar-refractivity contribution in [2.24, 2.45) is 5.10 Å². The largest absolute Gasteiger partial charge is 0.493 e. The highest BCUT2D eigenvalue weighted by Crippen LogP contribution is 2.36. The average molecular weight is 507 g/mol. The maximum Gasteiger partial charge on any atom is 0.329 e. The molecule has 0 aromatic heterocycles. The Balaban J connectivity index is 1.61. The molecule has 0 aliphatic rings. The highest BCUT2D eigenvalue weighted by molar-refractivity contribution is 6.40. The summed E-state index contributed by atoms with van der Waals surface area (Å²) in [6.45, 7) is 0.262. The van der Waals surface area contributed by atoms with Gasteiger partial charge in [0.25, 0.3) is 0 Å². The van der Waals surface area contributed by atoms with Crippen LogP contribution < -0.4 is 20.2 Å². The van der Waals surface area contributed by atoms with E-state index in [1.54, 1.807) is 42.5 Å². The number of nitrogens with one attached hydrogen (secondary N) is 2. The number of ether oxygens (including phenoxy) is 2. The minimum absolute atomic E-state index is 0.262. The fourth-order valence-electron chi connectivity index (χ4n) is 2.66. The van der Waals surface area contributed by atoms with E-state index in [4.69, 9.17) is 44.3 Å². The van der Waals surface area contributed by atoms with Crippen LogP contribution in [0.4, 0.5) is 5.69 Å². The molecule has 170 valence electrons. The third-order valence-corrected chi connectivity index (χ3v) is 4.98. The second-order valence-corrected chi connectivity index (χ2v) is 7.89. The number of anilines is 1. The van der Waals surface area contributed by atoms with Gasteiger partial charge in [-0.25, -0.2) is 5.43 Å². The van der Waals surface area contributed by atoms with E-state index in [0.29, 0.717) is 32.8 Å². The summed E-state index contributed by atoms with van der Waals surface area (Å²) < 4.78 is 11.2. The molecule has 3 aromatic rings. The van der Waals surface area contributed by atoms with E-state index in [2.05, 4.69) is 15.8 Å². The Morgan fingerprint density at radius 1 is 0.970 bits per heavy atom. The van der Waals surface area contributed by atoms with Crippen LogP contribution in [0.2, 0.25) is 15.1 Å². The Morgan fingerprint density at radius 3 is 2.42 bits per heavy atom. The smallest absolute Gasteiger partial charge is 0.329 e. The first-order valence-corrected chi connectivity index (χ1v) is 10.6. The Kier molecular flexibility index (Phi) is 8.54. The maximum atomic E-state index is 12.0. The summed E-state index contributed by atoms with van der Waals surface area (Å²) in [5.74, 6) is -1.11. The molecular weight excluding hydrogens is 489 g/mol. The lowest BCUT2D eigenvalue weighted by molar-refractivity contribution is -0.136. The summed E-state index contributed by atoms with van der Waals surface area (Å²) in [6.07, 6.45) is 1.32. The zero-order chi connectivity index (χ0) is 23.8. The molecule has 3 rings (SSSR count). The first-order chi connectivity index (χ1) is 15.9. The van der Waals surface area contributed by atoms with Crippen LogP contribution in [0.3, 0.4) is 0 Å². The van der Waals surface area contributed by atoms with Crippen LogP contribution in [0.1, 0.15) is 11.1 Å². The summed E-state index contributed by atoms with van der Waals surface area (Å²) >= 11 is 18.1. The molecule has 0 unspecified atom stereocenters. The molecule has 0 spiro atoms.